The second-order valence-corrected chi connectivity index (χ2v) is 8.67. The van der Waals surface area contributed by atoms with E-state index in [9.17, 15) is 9.59 Å². The summed E-state index contributed by atoms with van der Waals surface area (Å²) in [7, 11) is 0. The van der Waals surface area contributed by atoms with E-state index in [1.807, 2.05) is 48.5 Å². The maximum absolute atomic E-state index is 13.3. The normalized spacial score (nSPS) is 14.7. The highest BCUT2D eigenvalue weighted by Gasteiger charge is 2.33. The van der Waals surface area contributed by atoms with Crippen molar-refractivity contribution in [2.24, 2.45) is 0 Å². The molecule has 3 heterocycles. The van der Waals surface area contributed by atoms with Crippen LogP contribution in [0, 0.1) is 0 Å². The number of hydrogen-bond donors (Lipinski definition) is 0. The molecule has 0 spiro atoms. The first-order chi connectivity index (χ1) is 16.1. The molecular weight excluding hydrogens is 436 g/mol. The van der Waals surface area contributed by atoms with E-state index in [1.54, 1.807) is 11.0 Å². The summed E-state index contributed by atoms with van der Waals surface area (Å²) in [4.78, 5) is 33.3. The Labute approximate surface area is 194 Å². The number of fused-ring (bicyclic) bond motifs is 2. The molecule has 0 N–H and O–H groups in total. The molecule has 0 atom stereocenters. The molecule has 5 rings (SSSR count). The van der Waals surface area contributed by atoms with Crippen LogP contribution < -0.4 is 19.7 Å². The average Bonchev–Trinajstić information content (AvgIpc) is 3.47. The summed E-state index contributed by atoms with van der Waals surface area (Å²) >= 11 is 1.20. The van der Waals surface area contributed by atoms with Crippen LogP contribution in [-0.4, -0.2) is 33.7 Å². The number of thiazole rings is 1. The molecule has 0 aliphatic carbocycles. The van der Waals surface area contributed by atoms with Crippen LogP contribution in [0.3, 0.4) is 0 Å². The predicted molar refractivity (Wildman–Crippen MR) is 130 cm³/mol. The van der Waals surface area contributed by atoms with E-state index in [-0.39, 0.29) is 11.5 Å². The Hall–Kier alpha value is -3.78. The molecule has 0 radical (unpaired) electrons. The molecule has 2 aromatic carbocycles. The van der Waals surface area contributed by atoms with Crippen LogP contribution >= 0.6 is 11.3 Å². The van der Waals surface area contributed by atoms with Crippen molar-refractivity contribution in [3.63, 3.8) is 0 Å². The number of hydrogen-bond acceptors (Lipinski definition) is 6. The van der Waals surface area contributed by atoms with Crippen LogP contribution in [0.1, 0.15) is 25.3 Å². The van der Waals surface area contributed by atoms with E-state index < -0.39 is 0 Å². The van der Waals surface area contributed by atoms with Gasteiger partial charge in [0.2, 0.25) is 4.96 Å². The molecule has 1 aliphatic heterocycles. The van der Waals surface area contributed by atoms with Crippen molar-refractivity contribution in [1.82, 2.24) is 14.6 Å². The number of unbranched alkanes of at least 4 members (excludes halogenated alkanes) is 1. The molecule has 33 heavy (non-hydrogen) atoms. The van der Waals surface area contributed by atoms with Gasteiger partial charge in [-0.25, -0.2) is 0 Å². The zero-order chi connectivity index (χ0) is 22.9. The second kappa shape index (κ2) is 8.63. The van der Waals surface area contributed by atoms with Crippen molar-refractivity contribution >= 4 is 33.5 Å². The molecule has 0 saturated carbocycles. The maximum atomic E-state index is 13.3. The number of aromatic nitrogens is 3. The lowest BCUT2D eigenvalue weighted by Crippen LogP contribution is -2.33. The van der Waals surface area contributed by atoms with Gasteiger partial charge in [-0.15, -0.1) is 5.10 Å². The predicted octanol–water partition coefficient (Wildman–Crippen LogP) is 3.45. The average molecular weight is 459 g/mol. The van der Waals surface area contributed by atoms with E-state index in [0.29, 0.717) is 39.8 Å². The molecule has 1 aliphatic rings. The lowest BCUT2D eigenvalue weighted by atomic mass is 10.1. The van der Waals surface area contributed by atoms with Crippen molar-refractivity contribution in [2.75, 3.05) is 18.1 Å². The zero-order valence-corrected chi connectivity index (χ0v) is 19.0. The third kappa shape index (κ3) is 3.62. The fourth-order valence-electron chi connectivity index (χ4n) is 3.90. The van der Waals surface area contributed by atoms with Gasteiger partial charge in [-0.05, 0) is 36.8 Å². The lowest BCUT2D eigenvalue weighted by molar-refractivity contribution is -0.113. The monoisotopic (exact) mass is 458 g/mol. The fourth-order valence-corrected chi connectivity index (χ4v) is 4.90. The van der Waals surface area contributed by atoms with Gasteiger partial charge in [0.25, 0.3) is 11.5 Å². The Balaban J connectivity index is 1.57. The second-order valence-electron chi connectivity index (χ2n) is 7.69. The summed E-state index contributed by atoms with van der Waals surface area (Å²) in [6, 6.07) is 15.0. The number of benzene rings is 2. The number of carbonyl (C=O) groups excluding carboxylic acids is 1. The first-order valence-electron chi connectivity index (χ1n) is 10.8. The van der Waals surface area contributed by atoms with Crippen LogP contribution in [0.15, 0.2) is 66.0 Å². The van der Waals surface area contributed by atoms with Gasteiger partial charge in [0.15, 0.2) is 5.82 Å². The fraction of sp³-hybridized carbons (Fsp3) is 0.200. The molecule has 0 bridgehead atoms. The Kier molecular flexibility index (Phi) is 5.51. The third-order valence-electron chi connectivity index (χ3n) is 5.52. The highest BCUT2D eigenvalue weighted by molar-refractivity contribution is 7.15. The first kappa shape index (κ1) is 21.1. The minimum Gasteiger partial charge on any atom is -0.490 e. The Bertz CT molecular complexity index is 1470. The minimum absolute atomic E-state index is 0.137. The van der Waals surface area contributed by atoms with Gasteiger partial charge in [-0.2, -0.15) is 9.50 Å². The number of rotatable bonds is 7. The van der Waals surface area contributed by atoms with E-state index >= 15 is 0 Å². The number of para-hydroxylation sites is 1. The van der Waals surface area contributed by atoms with Crippen molar-refractivity contribution in [1.29, 1.82) is 0 Å². The first-order valence-corrected chi connectivity index (χ1v) is 11.6. The summed E-state index contributed by atoms with van der Waals surface area (Å²) in [6.45, 7) is 6.78. The summed E-state index contributed by atoms with van der Waals surface area (Å²) in [6.07, 6.45) is 3.56. The zero-order valence-electron chi connectivity index (χ0n) is 18.2. The van der Waals surface area contributed by atoms with Crippen LogP contribution in [0.2, 0.25) is 0 Å². The van der Waals surface area contributed by atoms with E-state index in [4.69, 9.17) is 4.74 Å². The van der Waals surface area contributed by atoms with E-state index in [1.165, 1.54) is 15.9 Å². The summed E-state index contributed by atoms with van der Waals surface area (Å²) in [5.74, 6) is 1.03. The van der Waals surface area contributed by atoms with Crippen molar-refractivity contribution in [2.45, 2.75) is 19.8 Å². The Morgan fingerprint density at radius 3 is 2.64 bits per heavy atom. The summed E-state index contributed by atoms with van der Waals surface area (Å²) < 4.78 is 7.17. The molecule has 0 saturated heterocycles. The van der Waals surface area contributed by atoms with E-state index in [0.717, 1.165) is 29.7 Å². The molecular formula is C25H22N4O3S. The van der Waals surface area contributed by atoms with Crippen LogP contribution in [-0.2, 0) is 4.79 Å². The number of anilines is 1. The highest BCUT2D eigenvalue weighted by Crippen LogP contribution is 2.35. The van der Waals surface area contributed by atoms with Crippen LogP contribution in [0.5, 0.6) is 5.75 Å². The van der Waals surface area contributed by atoms with Gasteiger partial charge in [-0.1, -0.05) is 55.5 Å². The standard InChI is InChI=1S/C25H22N4O3S/c1-3-5-14-28-19-9-7-6-8-18(19)20(23(28)30)21-24(31)29-25(33-21)26-22(27-29)16-10-12-17(13-11-16)32-15-4-2/h4,6-13H,2-3,5,14-15H2,1H3. The topological polar surface area (TPSA) is 76.8 Å². The van der Waals surface area contributed by atoms with Gasteiger partial charge in [0.1, 0.15) is 16.9 Å². The summed E-state index contributed by atoms with van der Waals surface area (Å²) in [5.41, 5.74) is 2.53. The molecule has 8 heteroatoms. The van der Waals surface area contributed by atoms with E-state index in [2.05, 4.69) is 23.6 Å². The molecule has 4 aromatic rings. The third-order valence-corrected chi connectivity index (χ3v) is 6.55. The quantitative estimate of drug-likeness (QED) is 0.397. The highest BCUT2D eigenvalue weighted by atomic mass is 32.1. The minimum atomic E-state index is -0.324. The Morgan fingerprint density at radius 1 is 1.12 bits per heavy atom. The molecule has 0 fully saturated rings. The number of carbonyl (C=O) groups is 1. The van der Waals surface area contributed by atoms with Gasteiger partial charge >= 0.3 is 0 Å². The van der Waals surface area contributed by atoms with Gasteiger partial charge in [0, 0.05) is 17.7 Å². The molecule has 1 amide bonds. The van der Waals surface area contributed by atoms with Gasteiger partial charge in [0.05, 0.1) is 11.3 Å². The summed E-state index contributed by atoms with van der Waals surface area (Å²) in [5, 5.41) is 4.42. The molecule has 2 aromatic heterocycles. The smallest absolute Gasteiger partial charge is 0.291 e. The SMILES string of the molecule is C=CCOc1ccc(-c2nc3sc(=C4C(=O)N(CCCC)c5ccccc54)c(=O)n3n2)cc1. The van der Waals surface area contributed by atoms with Crippen molar-refractivity contribution in [3.8, 4) is 17.1 Å². The molecule has 0 unspecified atom stereocenters. The molecule has 7 nitrogen and oxygen atoms in total. The molecule has 166 valence electrons. The Morgan fingerprint density at radius 2 is 1.91 bits per heavy atom. The number of nitrogens with zero attached hydrogens (tertiary/aromatic N) is 4. The maximum Gasteiger partial charge on any atom is 0.291 e. The van der Waals surface area contributed by atoms with Crippen molar-refractivity contribution < 1.29 is 9.53 Å². The van der Waals surface area contributed by atoms with Crippen molar-refractivity contribution in [3.05, 3.63) is 81.6 Å². The van der Waals surface area contributed by atoms with Crippen LogP contribution in [0.4, 0.5) is 5.69 Å². The van der Waals surface area contributed by atoms with Gasteiger partial charge in [-0.3, -0.25) is 9.59 Å². The number of ether oxygens (including phenoxy) is 1. The van der Waals surface area contributed by atoms with Crippen LogP contribution in [0.25, 0.3) is 21.9 Å². The largest absolute Gasteiger partial charge is 0.490 e. The number of amides is 1. The lowest BCUT2D eigenvalue weighted by Gasteiger charge is -2.16. The van der Waals surface area contributed by atoms with Gasteiger partial charge < -0.3 is 9.64 Å².